The average Bonchev–Trinajstić information content (AvgIpc) is 3.23. The van der Waals surface area contributed by atoms with Gasteiger partial charge < -0.3 is 14.2 Å². The Morgan fingerprint density at radius 2 is 0.797 bits per heavy atom. The number of hydrogen-bond donors (Lipinski definition) is 0. The Labute approximate surface area is 361 Å². The molecule has 6 nitrogen and oxygen atoms in total. The van der Waals surface area contributed by atoms with Crippen LogP contribution in [0.15, 0.2) is 122 Å². The number of carbonyl (C=O) groups excluding carboxylic acids is 3. The molecule has 0 amide bonds. The largest absolute Gasteiger partial charge is 0.462 e. The van der Waals surface area contributed by atoms with Crippen molar-refractivity contribution in [3.8, 4) is 0 Å². The van der Waals surface area contributed by atoms with E-state index in [9.17, 15) is 14.4 Å². The van der Waals surface area contributed by atoms with E-state index in [1.807, 2.05) is 6.08 Å². The molecular formula is C53H82O6. The summed E-state index contributed by atoms with van der Waals surface area (Å²) in [7, 11) is 0. The first-order valence-electron chi connectivity index (χ1n) is 23.1. The van der Waals surface area contributed by atoms with Gasteiger partial charge in [-0.05, 0) is 89.9 Å². The maximum absolute atomic E-state index is 12.7. The minimum absolute atomic E-state index is 0.120. The Hall–Kier alpha value is -4.19. The summed E-state index contributed by atoms with van der Waals surface area (Å²) < 4.78 is 16.6. The van der Waals surface area contributed by atoms with Crippen LogP contribution in [0.5, 0.6) is 0 Å². The number of rotatable bonds is 39. The normalized spacial score (nSPS) is 13.2. The second-order valence-electron chi connectivity index (χ2n) is 14.7. The predicted octanol–water partition coefficient (Wildman–Crippen LogP) is 15.0. The van der Waals surface area contributed by atoms with Crippen molar-refractivity contribution in [2.75, 3.05) is 13.2 Å². The van der Waals surface area contributed by atoms with E-state index < -0.39 is 12.1 Å². The molecule has 0 saturated carbocycles. The van der Waals surface area contributed by atoms with Gasteiger partial charge in [0, 0.05) is 12.8 Å². The van der Waals surface area contributed by atoms with Crippen molar-refractivity contribution in [1.29, 1.82) is 0 Å². The van der Waals surface area contributed by atoms with E-state index in [1.165, 1.54) is 19.3 Å². The highest BCUT2D eigenvalue weighted by atomic mass is 16.6. The highest BCUT2D eigenvalue weighted by Gasteiger charge is 2.19. The summed E-state index contributed by atoms with van der Waals surface area (Å²) in [5.74, 6) is -1.12. The van der Waals surface area contributed by atoms with Crippen molar-refractivity contribution in [3.63, 3.8) is 0 Å². The number of ether oxygens (including phenoxy) is 3. The molecule has 0 saturated heterocycles. The van der Waals surface area contributed by atoms with Crippen LogP contribution in [-0.4, -0.2) is 37.2 Å². The summed E-state index contributed by atoms with van der Waals surface area (Å²) in [6, 6.07) is 0. The van der Waals surface area contributed by atoms with Gasteiger partial charge >= 0.3 is 17.9 Å². The third-order valence-corrected chi connectivity index (χ3v) is 9.06. The van der Waals surface area contributed by atoms with E-state index in [1.54, 1.807) is 6.08 Å². The fourth-order valence-electron chi connectivity index (χ4n) is 5.64. The Balaban J connectivity index is 4.52. The highest BCUT2D eigenvalue weighted by Crippen LogP contribution is 2.11. The Morgan fingerprint density at radius 3 is 1.34 bits per heavy atom. The van der Waals surface area contributed by atoms with Gasteiger partial charge in [0.25, 0.3) is 0 Å². The van der Waals surface area contributed by atoms with Crippen LogP contribution in [0.25, 0.3) is 0 Å². The summed E-state index contributed by atoms with van der Waals surface area (Å²) >= 11 is 0. The van der Waals surface area contributed by atoms with Crippen molar-refractivity contribution in [3.05, 3.63) is 122 Å². The molecule has 59 heavy (non-hydrogen) atoms. The number of carbonyl (C=O) groups is 3. The van der Waals surface area contributed by atoms with E-state index >= 15 is 0 Å². The number of allylic oxidation sites excluding steroid dienone is 19. The molecule has 0 bridgehead atoms. The van der Waals surface area contributed by atoms with Crippen molar-refractivity contribution in [1.82, 2.24) is 0 Å². The fraction of sp³-hybridized carbons (Fsp3) is 0.566. The summed E-state index contributed by atoms with van der Waals surface area (Å²) in [4.78, 5) is 37.7. The Kier molecular flexibility index (Phi) is 43.2. The van der Waals surface area contributed by atoms with Crippen molar-refractivity contribution >= 4 is 17.9 Å². The van der Waals surface area contributed by atoms with Gasteiger partial charge in [0.2, 0.25) is 0 Å². The van der Waals surface area contributed by atoms with Crippen molar-refractivity contribution in [2.45, 2.75) is 181 Å². The van der Waals surface area contributed by atoms with E-state index in [0.717, 1.165) is 116 Å². The molecule has 0 aliphatic heterocycles. The summed E-state index contributed by atoms with van der Waals surface area (Å²) in [6.45, 7) is 6.19. The van der Waals surface area contributed by atoms with E-state index in [-0.39, 0.29) is 38.0 Å². The molecule has 6 heteroatoms. The quantitative estimate of drug-likeness (QED) is 0.0202. The van der Waals surface area contributed by atoms with Gasteiger partial charge in [-0.25, -0.2) is 0 Å². The zero-order valence-corrected chi connectivity index (χ0v) is 37.5. The maximum Gasteiger partial charge on any atom is 0.309 e. The van der Waals surface area contributed by atoms with Gasteiger partial charge in [-0.3, -0.25) is 14.4 Å². The summed E-state index contributed by atoms with van der Waals surface area (Å²) in [6.07, 6.45) is 63.5. The lowest BCUT2D eigenvalue weighted by atomic mass is 10.1. The first kappa shape index (κ1) is 54.8. The van der Waals surface area contributed by atoms with Crippen molar-refractivity contribution < 1.29 is 28.6 Å². The molecule has 1 unspecified atom stereocenters. The van der Waals surface area contributed by atoms with Gasteiger partial charge in [0.15, 0.2) is 6.10 Å². The van der Waals surface area contributed by atoms with Crippen LogP contribution < -0.4 is 0 Å². The first-order valence-corrected chi connectivity index (χ1v) is 23.1. The minimum atomic E-state index is -0.837. The highest BCUT2D eigenvalue weighted by molar-refractivity contribution is 5.72. The summed E-state index contributed by atoms with van der Waals surface area (Å²) in [5.41, 5.74) is 0. The van der Waals surface area contributed by atoms with Gasteiger partial charge in [0.1, 0.15) is 13.2 Å². The summed E-state index contributed by atoms with van der Waals surface area (Å²) in [5, 5.41) is 0. The molecule has 0 aliphatic rings. The van der Waals surface area contributed by atoms with Gasteiger partial charge in [-0.2, -0.15) is 0 Å². The molecule has 0 N–H and O–H groups in total. The van der Waals surface area contributed by atoms with Crippen LogP contribution in [-0.2, 0) is 28.6 Å². The monoisotopic (exact) mass is 815 g/mol. The van der Waals surface area contributed by atoms with Crippen LogP contribution in [0.3, 0.4) is 0 Å². The van der Waals surface area contributed by atoms with Crippen LogP contribution in [0.4, 0.5) is 0 Å². The topological polar surface area (TPSA) is 78.9 Å². The smallest absolute Gasteiger partial charge is 0.309 e. The molecule has 0 aromatic rings. The predicted molar refractivity (Wildman–Crippen MR) is 251 cm³/mol. The molecule has 0 rings (SSSR count). The molecule has 0 spiro atoms. The number of hydrogen-bond acceptors (Lipinski definition) is 6. The second-order valence-corrected chi connectivity index (χ2v) is 14.7. The lowest BCUT2D eigenvalue weighted by Crippen LogP contribution is -2.30. The minimum Gasteiger partial charge on any atom is -0.462 e. The third-order valence-electron chi connectivity index (χ3n) is 9.06. The SMILES string of the molecule is CC/C=C\C/C=C\C/C=C\CCCCCCC(=O)OC(COC(=O)C/C=C\C/C=C\C/C=C\CC)COC(=O)CCCCCCC\C=C/C=C\C=C/C=C\CCCCC. The molecular weight excluding hydrogens is 733 g/mol. The van der Waals surface area contributed by atoms with Crippen LogP contribution >= 0.6 is 0 Å². The lowest BCUT2D eigenvalue weighted by Gasteiger charge is -2.18. The zero-order valence-electron chi connectivity index (χ0n) is 37.5. The second kappa shape index (κ2) is 46.5. The molecule has 330 valence electrons. The lowest BCUT2D eigenvalue weighted by molar-refractivity contribution is -0.166. The first-order chi connectivity index (χ1) is 29.0. The zero-order chi connectivity index (χ0) is 43.0. The van der Waals surface area contributed by atoms with Crippen molar-refractivity contribution in [2.24, 2.45) is 0 Å². The molecule has 1 atom stereocenters. The van der Waals surface area contributed by atoms with E-state index in [0.29, 0.717) is 6.42 Å². The van der Waals surface area contributed by atoms with Crippen LogP contribution in [0, 0.1) is 0 Å². The van der Waals surface area contributed by atoms with Crippen LogP contribution in [0.2, 0.25) is 0 Å². The standard InChI is InChI=1S/C53H82O6/c1-4-7-10-13-16-19-21-23-25-26-27-28-30-31-34-37-40-43-46-52(55)58-49-50(48-57-51(54)45-42-39-36-33-18-15-12-9-6-3)59-53(56)47-44-41-38-35-32-29-24-22-20-17-14-11-8-5-2/h8-9,11-12,16-21,23-29,33,39,42,50H,4-7,10,13-15,22,30-32,34-38,40-41,43-49H2,1-3H3/b11-8-,12-9-,19-16-,20-17-,23-21-,26-25-,28-27-,29-24-,33-18-,42-39-. The molecule has 0 heterocycles. The Bertz CT molecular complexity index is 1300. The molecule has 0 aliphatic carbocycles. The van der Waals surface area contributed by atoms with Gasteiger partial charge in [-0.1, -0.05) is 187 Å². The van der Waals surface area contributed by atoms with Gasteiger partial charge in [-0.15, -0.1) is 0 Å². The third kappa shape index (κ3) is 44.8. The van der Waals surface area contributed by atoms with Crippen LogP contribution in [0.1, 0.15) is 175 Å². The molecule has 0 fully saturated rings. The van der Waals surface area contributed by atoms with E-state index in [4.69, 9.17) is 14.2 Å². The average molecular weight is 815 g/mol. The number of unbranched alkanes of at least 4 members (excludes halogenated alkanes) is 12. The van der Waals surface area contributed by atoms with E-state index in [2.05, 4.69) is 130 Å². The fourth-order valence-corrected chi connectivity index (χ4v) is 5.64. The maximum atomic E-state index is 12.7. The molecule has 0 radical (unpaired) electrons. The molecule has 0 aromatic carbocycles. The Morgan fingerprint density at radius 1 is 0.390 bits per heavy atom. The molecule has 0 aromatic heterocycles. The number of esters is 3. The van der Waals surface area contributed by atoms with Gasteiger partial charge in [0.05, 0.1) is 6.42 Å².